The molecule has 1 aromatic heterocycles. The van der Waals surface area contributed by atoms with E-state index in [1.165, 1.54) is 0 Å². The lowest BCUT2D eigenvalue weighted by molar-refractivity contribution is -0.00805. The van der Waals surface area contributed by atoms with Crippen LogP contribution in [0.5, 0.6) is 0 Å². The summed E-state index contributed by atoms with van der Waals surface area (Å²) >= 11 is 0. The Morgan fingerprint density at radius 2 is 2.20 bits per heavy atom. The quantitative estimate of drug-likeness (QED) is 0.343. The first-order valence-electron chi connectivity index (χ1n) is 10.0. The normalized spacial score (nSPS) is 16.7. The predicted octanol–water partition coefficient (Wildman–Crippen LogP) is 2.33. The number of amides is 1. The average Bonchev–Trinajstić information content (AvgIpc) is 3.19. The second-order valence-electron chi connectivity index (χ2n) is 7.11. The third-order valence-electron chi connectivity index (χ3n) is 4.85. The number of halogens is 1. The molecule has 2 heterocycles. The number of benzene rings is 1. The molecule has 9 heteroatoms. The summed E-state index contributed by atoms with van der Waals surface area (Å²) in [5.74, 6) is 0.786. The predicted molar refractivity (Wildman–Crippen MR) is 128 cm³/mol. The highest BCUT2D eigenvalue weighted by Crippen LogP contribution is 2.21. The van der Waals surface area contributed by atoms with Gasteiger partial charge >= 0.3 is 0 Å². The van der Waals surface area contributed by atoms with E-state index >= 15 is 0 Å². The SMILES string of the molecule is CCCNC(=O)c1cccc(CNC(=NC)N2CCOC(c3cnn(C)c3)C2)c1.I. The summed E-state index contributed by atoms with van der Waals surface area (Å²) < 4.78 is 7.70. The molecule has 0 aliphatic carbocycles. The molecule has 1 amide bonds. The molecule has 0 spiro atoms. The Labute approximate surface area is 195 Å². The number of hydrogen-bond acceptors (Lipinski definition) is 4. The molecule has 30 heavy (non-hydrogen) atoms. The van der Waals surface area contributed by atoms with Crippen molar-refractivity contribution in [1.29, 1.82) is 0 Å². The molecule has 0 bridgehead atoms. The van der Waals surface area contributed by atoms with Crippen molar-refractivity contribution in [3.05, 3.63) is 53.3 Å². The van der Waals surface area contributed by atoms with Crippen molar-refractivity contribution >= 4 is 35.8 Å². The molecule has 1 unspecified atom stereocenters. The van der Waals surface area contributed by atoms with Gasteiger partial charge in [0.15, 0.2) is 5.96 Å². The van der Waals surface area contributed by atoms with E-state index in [4.69, 9.17) is 4.74 Å². The van der Waals surface area contributed by atoms with Gasteiger partial charge in [-0.25, -0.2) is 0 Å². The molecular weight excluding hydrogens is 495 g/mol. The van der Waals surface area contributed by atoms with Crippen molar-refractivity contribution in [2.45, 2.75) is 26.0 Å². The summed E-state index contributed by atoms with van der Waals surface area (Å²) in [5.41, 5.74) is 2.78. The summed E-state index contributed by atoms with van der Waals surface area (Å²) in [6.07, 6.45) is 4.73. The summed E-state index contributed by atoms with van der Waals surface area (Å²) in [7, 11) is 3.69. The molecule has 1 atom stereocenters. The molecule has 8 nitrogen and oxygen atoms in total. The Morgan fingerprint density at radius 1 is 1.37 bits per heavy atom. The van der Waals surface area contributed by atoms with Crippen LogP contribution in [-0.2, 0) is 18.3 Å². The summed E-state index contributed by atoms with van der Waals surface area (Å²) in [4.78, 5) is 18.8. The minimum Gasteiger partial charge on any atom is -0.370 e. The first-order valence-corrected chi connectivity index (χ1v) is 10.0. The third-order valence-corrected chi connectivity index (χ3v) is 4.85. The molecule has 1 saturated heterocycles. The number of morpholine rings is 1. The van der Waals surface area contributed by atoms with Crippen LogP contribution in [0.2, 0.25) is 0 Å². The van der Waals surface area contributed by atoms with E-state index < -0.39 is 0 Å². The Morgan fingerprint density at radius 3 is 2.90 bits per heavy atom. The van der Waals surface area contributed by atoms with Crippen LogP contribution in [-0.4, -0.2) is 59.8 Å². The molecule has 0 radical (unpaired) electrons. The monoisotopic (exact) mass is 526 g/mol. The molecule has 1 fully saturated rings. The molecule has 1 aromatic carbocycles. The Hall–Kier alpha value is -2.14. The van der Waals surface area contributed by atoms with Crippen molar-refractivity contribution in [2.24, 2.45) is 12.0 Å². The van der Waals surface area contributed by atoms with Crippen LogP contribution in [0, 0.1) is 0 Å². The minimum absolute atomic E-state index is 0. The van der Waals surface area contributed by atoms with Gasteiger partial charge in [-0.2, -0.15) is 5.10 Å². The molecule has 1 aliphatic rings. The van der Waals surface area contributed by atoms with E-state index in [-0.39, 0.29) is 36.0 Å². The molecule has 164 valence electrons. The van der Waals surface area contributed by atoms with E-state index in [1.807, 2.05) is 50.6 Å². The largest absolute Gasteiger partial charge is 0.370 e. The third kappa shape index (κ3) is 6.43. The maximum absolute atomic E-state index is 12.2. The lowest BCUT2D eigenvalue weighted by Gasteiger charge is -2.34. The van der Waals surface area contributed by atoms with Crippen molar-refractivity contribution < 1.29 is 9.53 Å². The maximum Gasteiger partial charge on any atom is 0.251 e. The van der Waals surface area contributed by atoms with Crippen LogP contribution in [0.1, 0.15) is 40.9 Å². The average molecular weight is 526 g/mol. The second kappa shape index (κ2) is 11.9. The van der Waals surface area contributed by atoms with Gasteiger partial charge in [-0.15, -0.1) is 24.0 Å². The van der Waals surface area contributed by atoms with Gasteiger partial charge < -0.3 is 20.3 Å². The molecule has 2 aromatic rings. The summed E-state index contributed by atoms with van der Waals surface area (Å²) in [6.45, 7) is 5.43. The first-order chi connectivity index (χ1) is 14.1. The highest BCUT2D eigenvalue weighted by Gasteiger charge is 2.25. The first kappa shape index (κ1) is 24.1. The Bertz CT molecular complexity index is 854. The maximum atomic E-state index is 12.2. The van der Waals surface area contributed by atoms with Crippen LogP contribution in [0.15, 0.2) is 41.7 Å². The van der Waals surface area contributed by atoms with Gasteiger partial charge in [0.25, 0.3) is 5.91 Å². The lowest BCUT2D eigenvalue weighted by atomic mass is 10.1. The zero-order valence-corrected chi connectivity index (χ0v) is 20.1. The van der Waals surface area contributed by atoms with Gasteiger partial charge in [0.05, 0.1) is 19.3 Å². The fraction of sp³-hybridized carbons (Fsp3) is 0.476. The van der Waals surface area contributed by atoms with Gasteiger partial charge in [0, 0.05) is 51.1 Å². The summed E-state index contributed by atoms with van der Waals surface area (Å²) in [6, 6.07) is 7.68. The number of guanidine groups is 1. The number of aromatic nitrogens is 2. The number of aryl methyl sites for hydroxylation is 1. The molecular formula is C21H31IN6O2. The van der Waals surface area contributed by atoms with E-state index in [1.54, 1.807) is 11.7 Å². The van der Waals surface area contributed by atoms with Crippen molar-refractivity contribution in [3.8, 4) is 0 Å². The van der Waals surface area contributed by atoms with Gasteiger partial charge in [-0.3, -0.25) is 14.5 Å². The molecule has 2 N–H and O–H groups in total. The highest BCUT2D eigenvalue weighted by atomic mass is 127. The van der Waals surface area contributed by atoms with E-state index in [2.05, 4.69) is 25.6 Å². The Kier molecular flexibility index (Phi) is 9.57. The molecule has 3 rings (SSSR count). The Balaban J connectivity index is 0.00000320. The fourth-order valence-electron chi connectivity index (χ4n) is 3.33. The van der Waals surface area contributed by atoms with Crippen LogP contribution >= 0.6 is 24.0 Å². The summed E-state index contributed by atoms with van der Waals surface area (Å²) in [5, 5.41) is 10.6. The van der Waals surface area contributed by atoms with Gasteiger partial charge in [-0.05, 0) is 24.1 Å². The topological polar surface area (TPSA) is 83.8 Å². The zero-order valence-electron chi connectivity index (χ0n) is 17.8. The van der Waals surface area contributed by atoms with Gasteiger partial charge in [0.1, 0.15) is 6.10 Å². The highest BCUT2D eigenvalue weighted by molar-refractivity contribution is 14.0. The fourth-order valence-corrected chi connectivity index (χ4v) is 3.33. The van der Waals surface area contributed by atoms with Crippen LogP contribution in [0.3, 0.4) is 0 Å². The van der Waals surface area contributed by atoms with E-state index in [0.717, 1.165) is 30.1 Å². The molecule has 0 saturated carbocycles. The van der Waals surface area contributed by atoms with Crippen LogP contribution < -0.4 is 10.6 Å². The second-order valence-corrected chi connectivity index (χ2v) is 7.11. The number of carbonyl (C=O) groups excluding carboxylic acids is 1. The number of ether oxygens (including phenoxy) is 1. The molecule has 1 aliphatic heterocycles. The van der Waals surface area contributed by atoms with E-state index in [9.17, 15) is 4.79 Å². The van der Waals surface area contributed by atoms with Crippen molar-refractivity contribution in [3.63, 3.8) is 0 Å². The van der Waals surface area contributed by atoms with Crippen LogP contribution in [0.25, 0.3) is 0 Å². The standard InChI is InChI=1S/C21H30N6O2.HI/c1-4-8-23-20(28)17-7-5-6-16(11-17)12-24-21(22-2)27-9-10-29-19(15-27)18-13-25-26(3)14-18;/h5-7,11,13-14,19H,4,8-10,12,15H2,1-3H3,(H,22,24)(H,23,28);1H. The van der Waals surface area contributed by atoms with E-state index in [0.29, 0.717) is 31.8 Å². The number of carbonyl (C=O) groups is 1. The minimum atomic E-state index is -0.0365. The number of hydrogen-bond donors (Lipinski definition) is 2. The number of rotatable bonds is 6. The van der Waals surface area contributed by atoms with Crippen LogP contribution in [0.4, 0.5) is 0 Å². The number of aliphatic imine (C=N–C) groups is 1. The van der Waals surface area contributed by atoms with Crippen molar-refractivity contribution in [1.82, 2.24) is 25.3 Å². The zero-order chi connectivity index (χ0) is 20.6. The van der Waals surface area contributed by atoms with Gasteiger partial charge in [-0.1, -0.05) is 19.1 Å². The number of nitrogens with zero attached hydrogens (tertiary/aromatic N) is 4. The lowest BCUT2D eigenvalue weighted by Crippen LogP contribution is -2.47. The number of nitrogens with one attached hydrogen (secondary N) is 2. The van der Waals surface area contributed by atoms with Crippen molar-refractivity contribution in [2.75, 3.05) is 33.3 Å². The van der Waals surface area contributed by atoms with Gasteiger partial charge in [0.2, 0.25) is 0 Å². The smallest absolute Gasteiger partial charge is 0.251 e.